The fourth-order valence-corrected chi connectivity index (χ4v) is 5.41. The Balaban J connectivity index is 1.83. The Kier molecular flexibility index (Phi) is 23.6. The van der Waals surface area contributed by atoms with Gasteiger partial charge in [-0.15, -0.1) is 0 Å². The van der Waals surface area contributed by atoms with E-state index in [1.165, 1.54) is 129 Å². The van der Waals surface area contributed by atoms with E-state index in [4.69, 9.17) is 14.2 Å². The molecule has 0 aromatic carbocycles. The molecule has 0 N–H and O–H groups in total. The summed E-state index contributed by atoms with van der Waals surface area (Å²) in [6.45, 7) is 5.60. The SMILES string of the molecule is CCCCCCCCCCOCC(COCCCCCCCCC1CC1CCCCCC(=O)OC)N(C)C. The van der Waals surface area contributed by atoms with Crippen molar-refractivity contribution in [3.05, 3.63) is 0 Å². The molecule has 0 bridgehead atoms. The minimum absolute atomic E-state index is 0.0651. The molecule has 38 heavy (non-hydrogen) atoms. The van der Waals surface area contributed by atoms with Crippen LogP contribution < -0.4 is 0 Å². The van der Waals surface area contributed by atoms with Crippen molar-refractivity contribution >= 4 is 5.97 Å². The van der Waals surface area contributed by atoms with Gasteiger partial charge in [-0.05, 0) is 51.6 Å². The quantitative estimate of drug-likeness (QED) is 0.0703. The third-order valence-electron chi connectivity index (χ3n) is 8.36. The second-order valence-corrected chi connectivity index (χ2v) is 12.1. The number of hydrogen-bond donors (Lipinski definition) is 0. The Morgan fingerprint density at radius 1 is 0.684 bits per heavy atom. The molecule has 1 rings (SSSR count). The summed E-state index contributed by atoms with van der Waals surface area (Å²) in [5.74, 6) is 1.91. The van der Waals surface area contributed by atoms with E-state index in [2.05, 4.69) is 25.9 Å². The first-order chi connectivity index (χ1) is 18.6. The van der Waals surface area contributed by atoms with Crippen molar-refractivity contribution in [2.45, 2.75) is 148 Å². The van der Waals surface area contributed by atoms with Crippen molar-refractivity contribution < 1.29 is 19.0 Å². The molecule has 3 atom stereocenters. The molecule has 5 nitrogen and oxygen atoms in total. The molecule has 1 aliphatic rings. The Labute approximate surface area is 237 Å². The van der Waals surface area contributed by atoms with Gasteiger partial charge < -0.3 is 19.1 Å². The van der Waals surface area contributed by atoms with Gasteiger partial charge in [0.1, 0.15) is 0 Å². The van der Waals surface area contributed by atoms with Crippen LogP contribution in [-0.4, -0.2) is 64.5 Å². The van der Waals surface area contributed by atoms with Gasteiger partial charge in [0, 0.05) is 19.6 Å². The lowest BCUT2D eigenvalue weighted by Gasteiger charge is -2.24. The molecule has 0 aromatic heterocycles. The summed E-state index contributed by atoms with van der Waals surface area (Å²) in [4.78, 5) is 13.4. The molecule has 3 unspecified atom stereocenters. The topological polar surface area (TPSA) is 48.0 Å². The van der Waals surface area contributed by atoms with Crippen LogP contribution in [0, 0.1) is 11.8 Å². The second kappa shape index (κ2) is 25.3. The Hall–Kier alpha value is -0.650. The average Bonchev–Trinajstić information content (AvgIpc) is 3.66. The van der Waals surface area contributed by atoms with Crippen LogP contribution in [0.15, 0.2) is 0 Å². The van der Waals surface area contributed by atoms with Crippen LogP contribution >= 0.6 is 0 Å². The molecule has 1 aliphatic carbocycles. The molecule has 0 radical (unpaired) electrons. The van der Waals surface area contributed by atoms with Crippen molar-refractivity contribution in [2.75, 3.05) is 47.6 Å². The summed E-state index contributed by atoms with van der Waals surface area (Å²) >= 11 is 0. The van der Waals surface area contributed by atoms with E-state index >= 15 is 0 Å². The van der Waals surface area contributed by atoms with E-state index in [1.54, 1.807) is 0 Å². The van der Waals surface area contributed by atoms with Crippen molar-refractivity contribution in [1.82, 2.24) is 4.90 Å². The summed E-state index contributed by atoms with van der Waals surface area (Å²) in [6, 6.07) is 0.357. The maximum atomic E-state index is 11.1. The predicted octanol–water partition coefficient (Wildman–Crippen LogP) is 8.58. The van der Waals surface area contributed by atoms with Gasteiger partial charge in [-0.2, -0.15) is 0 Å². The number of hydrogen-bond acceptors (Lipinski definition) is 5. The van der Waals surface area contributed by atoms with Crippen LogP contribution in [0.3, 0.4) is 0 Å². The zero-order chi connectivity index (χ0) is 27.7. The number of methoxy groups -OCH3 is 1. The third kappa shape index (κ3) is 21.2. The van der Waals surface area contributed by atoms with Gasteiger partial charge in [0.05, 0.1) is 26.4 Å². The fraction of sp³-hybridized carbons (Fsp3) is 0.970. The molecule has 0 saturated heterocycles. The Bertz CT molecular complexity index is 527. The highest BCUT2D eigenvalue weighted by Gasteiger charge is 2.35. The number of carbonyl (C=O) groups excluding carboxylic acids is 1. The van der Waals surface area contributed by atoms with Gasteiger partial charge in [-0.3, -0.25) is 4.79 Å². The Morgan fingerprint density at radius 3 is 1.61 bits per heavy atom. The summed E-state index contributed by atoms with van der Waals surface area (Å²) < 4.78 is 16.7. The zero-order valence-corrected chi connectivity index (χ0v) is 26.0. The first kappa shape index (κ1) is 35.4. The standard InChI is InChI=1S/C33H65NO4/c1-5-6-7-8-9-11-14-20-25-37-28-32(34(2)3)29-38-26-21-15-12-10-13-17-22-30-27-31(30)23-18-16-19-24-33(35)36-4/h30-32H,5-29H2,1-4H3. The molecule has 0 aromatic rings. The van der Waals surface area contributed by atoms with Gasteiger partial charge in [0.15, 0.2) is 0 Å². The first-order valence-electron chi connectivity index (χ1n) is 16.5. The van der Waals surface area contributed by atoms with Gasteiger partial charge >= 0.3 is 5.97 Å². The maximum Gasteiger partial charge on any atom is 0.305 e. The summed E-state index contributed by atoms with van der Waals surface area (Å²) in [6.07, 6.45) is 27.0. The summed E-state index contributed by atoms with van der Waals surface area (Å²) in [5, 5.41) is 0. The molecule has 0 amide bonds. The highest BCUT2D eigenvalue weighted by Crippen LogP contribution is 2.45. The second-order valence-electron chi connectivity index (χ2n) is 12.1. The summed E-state index contributed by atoms with van der Waals surface area (Å²) in [7, 11) is 5.74. The van der Waals surface area contributed by atoms with E-state index in [1.807, 2.05) is 0 Å². The van der Waals surface area contributed by atoms with E-state index in [0.717, 1.165) is 44.7 Å². The number of rotatable bonds is 29. The highest BCUT2D eigenvalue weighted by atomic mass is 16.5. The highest BCUT2D eigenvalue weighted by molar-refractivity contribution is 5.68. The Morgan fingerprint density at radius 2 is 1.13 bits per heavy atom. The van der Waals surface area contributed by atoms with Crippen molar-refractivity contribution in [3.8, 4) is 0 Å². The average molecular weight is 540 g/mol. The number of esters is 1. The minimum atomic E-state index is -0.0651. The molecule has 1 saturated carbocycles. The maximum absolute atomic E-state index is 11.1. The molecule has 0 aliphatic heterocycles. The van der Waals surface area contributed by atoms with Crippen LogP contribution in [0.5, 0.6) is 0 Å². The normalized spacial score (nSPS) is 17.7. The van der Waals surface area contributed by atoms with Gasteiger partial charge in [-0.1, -0.05) is 110 Å². The lowest BCUT2D eigenvalue weighted by molar-refractivity contribution is -0.140. The smallest absolute Gasteiger partial charge is 0.305 e. The summed E-state index contributed by atoms with van der Waals surface area (Å²) in [5.41, 5.74) is 0. The third-order valence-corrected chi connectivity index (χ3v) is 8.36. The van der Waals surface area contributed by atoms with Crippen LogP contribution in [0.25, 0.3) is 0 Å². The number of nitrogens with zero attached hydrogens (tertiary/aromatic N) is 1. The molecule has 0 heterocycles. The van der Waals surface area contributed by atoms with E-state index in [9.17, 15) is 4.79 Å². The fourth-order valence-electron chi connectivity index (χ4n) is 5.41. The van der Waals surface area contributed by atoms with Crippen LogP contribution in [-0.2, 0) is 19.0 Å². The van der Waals surface area contributed by atoms with Crippen molar-refractivity contribution in [2.24, 2.45) is 11.8 Å². The molecule has 1 fully saturated rings. The lowest BCUT2D eigenvalue weighted by Crippen LogP contribution is -2.37. The monoisotopic (exact) mass is 539 g/mol. The number of ether oxygens (including phenoxy) is 3. The van der Waals surface area contributed by atoms with Crippen LogP contribution in [0.4, 0.5) is 0 Å². The lowest BCUT2D eigenvalue weighted by atomic mass is 10.0. The van der Waals surface area contributed by atoms with Gasteiger partial charge in [0.2, 0.25) is 0 Å². The largest absolute Gasteiger partial charge is 0.469 e. The molecule has 0 spiro atoms. The number of carbonyl (C=O) groups is 1. The molecular formula is C33H65NO4. The number of unbranched alkanes of at least 4 members (excludes halogenated alkanes) is 14. The zero-order valence-electron chi connectivity index (χ0n) is 26.0. The predicted molar refractivity (Wildman–Crippen MR) is 161 cm³/mol. The van der Waals surface area contributed by atoms with Gasteiger partial charge in [-0.25, -0.2) is 0 Å². The van der Waals surface area contributed by atoms with Crippen molar-refractivity contribution in [3.63, 3.8) is 0 Å². The molecular weight excluding hydrogens is 474 g/mol. The molecule has 5 heteroatoms. The van der Waals surface area contributed by atoms with Crippen molar-refractivity contribution in [1.29, 1.82) is 0 Å². The van der Waals surface area contributed by atoms with Crippen LogP contribution in [0.2, 0.25) is 0 Å². The minimum Gasteiger partial charge on any atom is -0.469 e. The number of likely N-dealkylation sites (N-methyl/N-ethyl adjacent to an activating group) is 1. The van der Waals surface area contributed by atoms with E-state index in [0.29, 0.717) is 12.5 Å². The van der Waals surface area contributed by atoms with E-state index in [-0.39, 0.29) is 5.97 Å². The van der Waals surface area contributed by atoms with Crippen LogP contribution in [0.1, 0.15) is 142 Å². The first-order valence-corrected chi connectivity index (χ1v) is 16.5. The van der Waals surface area contributed by atoms with Gasteiger partial charge in [0.25, 0.3) is 0 Å². The van der Waals surface area contributed by atoms with E-state index < -0.39 is 0 Å². The molecule has 226 valence electrons.